The van der Waals surface area contributed by atoms with E-state index in [1.54, 1.807) is 24.4 Å². The minimum absolute atomic E-state index is 0.311. The molecular formula is C14H16N2O2S. The number of rotatable bonds is 4. The van der Waals surface area contributed by atoms with Crippen LogP contribution in [0.2, 0.25) is 0 Å². The molecule has 2 rings (SSSR count). The fraction of sp³-hybridized carbons (Fsp3) is 0.214. The van der Waals surface area contributed by atoms with E-state index < -0.39 is 9.84 Å². The lowest BCUT2D eigenvalue weighted by atomic mass is 10.1. The molecule has 1 aromatic carbocycles. The summed E-state index contributed by atoms with van der Waals surface area (Å²) in [5.74, 6) is 0. The highest BCUT2D eigenvalue weighted by Gasteiger charge is 2.08. The molecule has 0 radical (unpaired) electrons. The monoisotopic (exact) mass is 276 g/mol. The predicted molar refractivity (Wildman–Crippen MR) is 75.5 cm³/mol. The Morgan fingerprint density at radius 3 is 2.58 bits per heavy atom. The first-order valence-corrected chi connectivity index (χ1v) is 7.80. The van der Waals surface area contributed by atoms with Crippen LogP contribution < -0.4 is 5.32 Å². The van der Waals surface area contributed by atoms with Crippen molar-refractivity contribution in [3.8, 4) is 11.3 Å². The highest BCUT2D eigenvalue weighted by Crippen LogP contribution is 2.20. The molecule has 19 heavy (non-hydrogen) atoms. The molecule has 0 amide bonds. The second-order valence-corrected chi connectivity index (χ2v) is 6.40. The highest BCUT2D eigenvalue weighted by atomic mass is 32.2. The van der Waals surface area contributed by atoms with Gasteiger partial charge in [0, 0.05) is 24.6 Å². The van der Waals surface area contributed by atoms with Crippen LogP contribution in [0.3, 0.4) is 0 Å². The van der Waals surface area contributed by atoms with Crippen molar-refractivity contribution in [2.24, 2.45) is 0 Å². The van der Waals surface area contributed by atoms with Crippen molar-refractivity contribution in [1.29, 1.82) is 0 Å². The Bertz CT molecular complexity index is 664. The van der Waals surface area contributed by atoms with Gasteiger partial charge >= 0.3 is 0 Å². The van der Waals surface area contributed by atoms with Crippen LogP contribution in [-0.2, 0) is 16.4 Å². The van der Waals surface area contributed by atoms with Gasteiger partial charge in [0.1, 0.15) is 0 Å². The minimum atomic E-state index is -3.19. The second kappa shape index (κ2) is 5.50. The first-order valence-electron chi connectivity index (χ1n) is 5.91. The fourth-order valence-electron chi connectivity index (χ4n) is 1.79. The van der Waals surface area contributed by atoms with E-state index in [-0.39, 0.29) is 0 Å². The number of pyridine rings is 1. The lowest BCUT2D eigenvalue weighted by Crippen LogP contribution is -2.05. The maximum Gasteiger partial charge on any atom is 0.175 e. The third-order valence-electron chi connectivity index (χ3n) is 2.76. The Kier molecular flexibility index (Phi) is 3.97. The van der Waals surface area contributed by atoms with Gasteiger partial charge in [0.2, 0.25) is 0 Å². The van der Waals surface area contributed by atoms with Gasteiger partial charge < -0.3 is 5.32 Å². The lowest BCUT2D eigenvalue weighted by molar-refractivity contribution is 0.602. The number of nitrogens with one attached hydrogen (secondary N) is 1. The molecule has 2 aromatic rings. The van der Waals surface area contributed by atoms with E-state index in [4.69, 9.17) is 0 Å². The van der Waals surface area contributed by atoms with Crippen molar-refractivity contribution in [2.45, 2.75) is 11.4 Å². The summed E-state index contributed by atoms with van der Waals surface area (Å²) >= 11 is 0. The first kappa shape index (κ1) is 13.7. The Labute approximate surface area is 113 Å². The Balaban J connectivity index is 2.36. The van der Waals surface area contributed by atoms with E-state index in [0.717, 1.165) is 23.4 Å². The Hall–Kier alpha value is -1.72. The van der Waals surface area contributed by atoms with Crippen LogP contribution in [-0.4, -0.2) is 26.7 Å². The standard InChI is InChI=1S/C14H16N2O2S/c1-15-9-11-6-7-14(16-10-11)12-4-3-5-13(8-12)19(2,17)18/h3-8,10,15H,9H2,1-2H3. The van der Waals surface area contributed by atoms with E-state index >= 15 is 0 Å². The summed E-state index contributed by atoms with van der Waals surface area (Å²) in [4.78, 5) is 4.67. The summed E-state index contributed by atoms with van der Waals surface area (Å²) in [6.45, 7) is 0.761. The quantitative estimate of drug-likeness (QED) is 0.926. The highest BCUT2D eigenvalue weighted by molar-refractivity contribution is 7.90. The lowest BCUT2D eigenvalue weighted by Gasteiger charge is -2.05. The van der Waals surface area contributed by atoms with E-state index in [9.17, 15) is 8.42 Å². The molecule has 0 fully saturated rings. The van der Waals surface area contributed by atoms with Gasteiger partial charge in [-0.1, -0.05) is 18.2 Å². The van der Waals surface area contributed by atoms with E-state index in [0.29, 0.717) is 4.90 Å². The minimum Gasteiger partial charge on any atom is -0.316 e. The van der Waals surface area contributed by atoms with Crippen LogP contribution in [0.15, 0.2) is 47.5 Å². The molecular weight excluding hydrogens is 260 g/mol. The number of nitrogens with zero attached hydrogens (tertiary/aromatic N) is 1. The van der Waals surface area contributed by atoms with Crippen LogP contribution in [0, 0.1) is 0 Å². The summed E-state index contributed by atoms with van der Waals surface area (Å²) in [5.41, 5.74) is 2.66. The molecule has 0 unspecified atom stereocenters. The number of aromatic nitrogens is 1. The van der Waals surface area contributed by atoms with E-state index in [2.05, 4.69) is 10.3 Å². The molecule has 4 nitrogen and oxygen atoms in total. The molecule has 5 heteroatoms. The van der Waals surface area contributed by atoms with Crippen LogP contribution >= 0.6 is 0 Å². The van der Waals surface area contributed by atoms with Gasteiger partial charge in [-0.3, -0.25) is 4.98 Å². The SMILES string of the molecule is CNCc1ccc(-c2cccc(S(C)(=O)=O)c2)nc1. The second-order valence-electron chi connectivity index (χ2n) is 4.38. The molecule has 0 aliphatic rings. The third-order valence-corrected chi connectivity index (χ3v) is 3.87. The Morgan fingerprint density at radius 2 is 2.00 bits per heavy atom. The molecule has 0 bridgehead atoms. The molecule has 0 atom stereocenters. The summed E-state index contributed by atoms with van der Waals surface area (Å²) in [6, 6.07) is 10.7. The molecule has 1 heterocycles. The number of benzene rings is 1. The van der Waals surface area contributed by atoms with Gasteiger partial charge in [0.25, 0.3) is 0 Å². The van der Waals surface area contributed by atoms with Gasteiger partial charge in [0.15, 0.2) is 9.84 Å². The fourth-order valence-corrected chi connectivity index (χ4v) is 2.46. The molecule has 0 aliphatic carbocycles. The maximum absolute atomic E-state index is 11.5. The van der Waals surface area contributed by atoms with Crippen molar-refractivity contribution < 1.29 is 8.42 Å². The molecule has 0 saturated carbocycles. The van der Waals surface area contributed by atoms with Crippen molar-refractivity contribution in [3.05, 3.63) is 48.2 Å². The van der Waals surface area contributed by atoms with Crippen molar-refractivity contribution in [1.82, 2.24) is 10.3 Å². The number of hydrogen-bond acceptors (Lipinski definition) is 4. The zero-order valence-corrected chi connectivity index (χ0v) is 11.7. The molecule has 0 saturated heterocycles. The smallest absolute Gasteiger partial charge is 0.175 e. The number of hydrogen-bond donors (Lipinski definition) is 1. The number of sulfone groups is 1. The van der Waals surface area contributed by atoms with Crippen LogP contribution in [0.25, 0.3) is 11.3 Å². The summed E-state index contributed by atoms with van der Waals surface area (Å²) in [7, 11) is -1.31. The summed E-state index contributed by atoms with van der Waals surface area (Å²) in [5, 5.41) is 3.05. The average molecular weight is 276 g/mol. The van der Waals surface area contributed by atoms with Crippen LogP contribution in [0.4, 0.5) is 0 Å². The largest absolute Gasteiger partial charge is 0.316 e. The van der Waals surface area contributed by atoms with Crippen LogP contribution in [0.5, 0.6) is 0 Å². The average Bonchev–Trinajstić information content (AvgIpc) is 2.39. The van der Waals surface area contributed by atoms with Crippen molar-refractivity contribution in [3.63, 3.8) is 0 Å². The topological polar surface area (TPSA) is 59.1 Å². The van der Waals surface area contributed by atoms with E-state index in [1.807, 2.05) is 25.2 Å². The third kappa shape index (κ3) is 3.39. The molecule has 0 aliphatic heterocycles. The first-order chi connectivity index (χ1) is 9.00. The van der Waals surface area contributed by atoms with Crippen LogP contribution in [0.1, 0.15) is 5.56 Å². The summed E-state index contributed by atoms with van der Waals surface area (Å²) < 4.78 is 23.1. The molecule has 100 valence electrons. The van der Waals surface area contributed by atoms with Crippen molar-refractivity contribution >= 4 is 9.84 Å². The maximum atomic E-state index is 11.5. The van der Waals surface area contributed by atoms with Gasteiger partial charge in [0.05, 0.1) is 10.6 Å². The Morgan fingerprint density at radius 1 is 1.21 bits per heavy atom. The van der Waals surface area contributed by atoms with Gasteiger partial charge in [-0.25, -0.2) is 8.42 Å². The zero-order valence-electron chi connectivity index (χ0n) is 10.9. The van der Waals surface area contributed by atoms with Gasteiger partial charge in [-0.15, -0.1) is 0 Å². The normalized spacial score (nSPS) is 11.5. The molecule has 0 spiro atoms. The predicted octanol–water partition coefficient (Wildman–Crippen LogP) is 1.87. The van der Waals surface area contributed by atoms with Gasteiger partial charge in [-0.2, -0.15) is 0 Å². The molecule has 1 N–H and O–H groups in total. The molecule has 1 aromatic heterocycles. The van der Waals surface area contributed by atoms with Gasteiger partial charge in [-0.05, 0) is 30.8 Å². The zero-order chi connectivity index (χ0) is 13.9. The summed E-state index contributed by atoms with van der Waals surface area (Å²) in [6.07, 6.45) is 2.99. The van der Waals surface area contributed by atoms with E-state index in [1.165, 1.54) is 6.26 Å². The van der Waals surface area contributed by atoms with Crippen molar-refractivity contribution in [2.75, 3.05) is 13.3 Å².